The van der Waals surface area contributed by atoms with E-state index in [4.69, 9.17) is 11.6 Å². The number of hydrogen-bond acceptors (Lipinski definition) is 1. The highest BCUT2D eigenvalue weighted by molar-refractivity contribution is 6.31. The fourth-order valence-electron chi connectivity index (χ4n) is 4.00. The van der Waals surface area contributed by atoms with Gasteiger partial charge >= 0.3 is 0 Å². The molecule has 1 N–H and O–H groups in total. The third kappa shape index (κ3) is 4.55. The maximum atomic E-state index is 6.41. The molecular weight excluding hydrogens is 376 g/mol. The molecule has 0 radical (unpaired) electrons. The van der Waals surface area contributed by atoms with Crippen LogP contribution in [0.25, 0.3) is 10.9 Å². The molecule has 29 heavy (non-hydrogen) atoms. The van der Waals surface area contributed by atoms with Gasteiger partial charge in [-0.15, -0.1) is 0 Å². The van der Waals surface area contributed by atoms with E-state index in [2.05, 4.69) is 83.7 Å². The van der Waals surface area contributed by atoms with Gasteiger partial charge in [-0.1, -0.05) is 91.7 Å². The van der Waals surface area contributed by atoms with E-state index in [1.54, 1.807) is 0 Å². The minimum atomic E-state index is 0.367. The summed E-state index contributed by atoms with van der Waals surface area (Å²) in [4.78, 5) is 0. The molecule has 0 saturated heterocycles. The highest BCUT2D eigenvalue weighted by Crippen LogP contribution is 2.26. The molecule has 4 aromatic rings. The van der Waals surface area contributed by atoms with Crippen LogP contribution in [-0.4, -0.2) is 4.57 Å². The van der Waals surface area contributed by atoms with Crippen molar-refractivity contribution in [1.82, 2.24) is 9.88 Å². The first kappa shape index (κ1) is 19.8. The number of benzene rings is 3. The maximum Gasteiger partial charge on any atom is 0.0491 e. The largest absolute Gasteiger partial charge is 0.343 e. The molecule has 0 unspecified atom stereocenters. The van der Waals surface area contributed by atoms with E-state index < -0.39 is 0 Å². The first-order chi connectivity index (χ1) is 14.3. The number of hydrogen-bond donors (Lipinski definition) is 1. The molecule has 3 aromatic carbocycles. The van der Waals surface area contributed by atoms with Crippen LogP contribution in [0.5, 0.6) is 0 Å². The Labute approximate surface area is 178 Å². The van der Waals surface area contributed by atoms with Crippen molar-refractivity contribution in [1.29, 1.82) is 0 Å². The zero-order valence-electron chi connectivity index (χ0n) is 16.8. The van der Waals surface area contributed by atoms with Gasteiger partial charge in [-0.2, -0.15) is 0 Å². The molecule has 0 aliphatic carbocycles. The number of rotatable bonds is 8. The molecule has 3 heteroatoms. The molecule has 0 aliphatic heterocycles. The molecule has 1 atom stereocenters. The van der Waals surface area contributed by atoms with Gasteiger partial charge in [0.05, 0.1) is 0 Å². The molecule has 0 aliphatic rings. The number of aromatic nitrogens is 1. The fraction of sp³-hybridized carbons (Fsp3) is 0.231. The lowest BCUT2D eigenvalue weighted by Gasteiger charge is -2.18. The number of halogens is 1. The predicted molar refractivity (Wildman–Crippen MR) is 123 cm³/mol. The lowest BCUT2D eigenvalue weighted by Crippen LogP contribution is -2.20. The molecule has 0 fully saturated rings. The SMILES string of the molecule is CCC[C@H](NCc1cn(Cc2ccccc2Cl)c2ccccc12)c1ccccc1. The van der Waals surface area contributed by atoms with E-state index in [0.717, 1.165) is 36.5 Å². The van der Waals surface area contributed by atoms with Crippen molar-refractivity contribution in [3.8, 4) is 0 Å². The van der Waals surface area contributed by atoms with Crippen LogP contribution in [0.3, 0.4) is 0 Å². The molecule has 4 rings (SSSR count). The zero-order chi connectivity index (χ0) is 20.1. The smallest absolute Gasteiger partial charge is 0.0491 e. The molecule has 0 saturated carbocycles. The summed E-state index contributed by atoms with van der Waals surface area (Å²) in [6.07, 6.45) is 4.55. The molecule has 2 nitrogen and oxygen atoms in total. The Hall–Kier alpha value is -2.55. The van der Waals surface area contributed by atoms with Gasteiger partial charge in [0.1, 0.15) is 0 Å². The van der Waals surface area contributed by atoms with Gasteiger partial charge in [-0.05, 0) is 35.2 Å². The lowest BCUT2D eigenvalue weighted by molar-refractivity contribution is 0.494. The Kier molecular flexibility index (Phi) is 6.33. The number of nitrogens with zero attached hydrogens (tertiary/aromatic N) is 1. The van der Waals surface area contributed by atoms with Crippen molar-refractivity contribution in [2.75, 3.05) is 0 Å². The van der Waals surface area contributed by atoms with E-state index in [1.165, 1.54) is 22.0 Å². The molecule has 1 heterocycles. The second kappa shape index (κ2) is 9.30. The highest BCUT2D eigenvalue weighted by atomic mass is 35.5. The molecule has 0 amide bonds. The Morgan fingerprint density at radius 2 is 1.59 bits per heavy atom. The molecule has 0 spiro atoms. The van der Waals surface area contributed by atoms with Gasteiger partial charge < -0.3 is 9.88 Å². The molecule has 148 valence electrons. The van der Waals surface area contributed by atoms with Crippen molar-refractivity contribution in [3.63, 3.8) is 0 Å². The minimum Gasteiger partial charge on any atom is -0.343 e. The quantitative estimate of drug-likeness (QED) is 0.336. The Balaban J connectivity index is 1.60. The van der Waals surface area contributed by atoms with Gasteiger partial charge in [0.2, 0.25) is 0 Å². The third-order valence-corrected chi connectivity index (χ3v) is 5.86. The summed E-state index contributed by atoms with van der Waals surface area (Å²) in [5.74, 6) is 0. The van der Waals surface area contributed by atoms with E-state index in [-0.39, 0.29) is 0 Å². The van der Waals surface area contributed by atoms with Crippen LogP contribution in [-0.2, 0) is 13.1 Å². The number of para-hydroxylation sites is 1. The van der Waals surface area contributed by atoms with Crippen molar-refractivity contribution < 1.29 is 0 Å². The first-order valence-electron chi connectivity index (χ1n) is 10.3. The van der Waals surface area contributed by atoms with Gasteiger partial charge in [0.15, 0.2) is 0 Å². The summed E-state index contributed by atoms with van der Waals surface area (Å²) in [5.41, 5.74) is 5.07. The van der Waals surface area contributed by atoms with Crippen LogP contribution < -0.4 is 5.32 Å². The van der Waals surface area contributed by atoms with Crippen molar-refractivity contribution in [2.45, 2.75) is 38.9 Å². The molecule has 0 bridgehead atoms. The molecular formula is C26H27ClN2. The average Bonchev–Trinajstić information content (AvgIpc) is 3.11. The topological polar surface area (TPSA) is 17.0 Å². The van der Waals surface area contributed by atoms with Gasteiger partial charge in [0.25, 0.3) is 0 Å². The van der Waals surface area contributed by atoms with Crippen LogP contribution in [0.2, 0.25) is 5.02 Å². The van der Waals surface area contributed by atoms with E-state index in [1.807, 2.05) is 18.2 Å². The predicted octanol–water partition coefficient (Wildman–Crippen LogP) is 6.97. The van der Waals surface area contributed by atoms with Crippen LogP contribution in [0.1, 0.15) is 42.5 Å². The Bertz CT molecular complexity index is 1070. The second-order valence-electron chi connectivity index (χ2n) is 7.52. The van der Waals surface area contributed by atoms with Crippen molar-refractivity contribution in [2.24, 2.45) is 0 Å². The van der Waals surface area contributed by atoms with E-state index in [9.17, 15) is 0 Å². The standard InChI is InChI=1S/C26H27ClN2/c1-2-10-25(20-11-4-3-5-12-20)28-17-22-19-29(26-16-9-7-14-23(22)26)18-21-13-6-8-15-24(21)27/h3-9,11-16,19,25,28H,2,10,17-18H2,1H3/t25-/m0/s1. The average molecular weight is 403 g/mol. The van der Waals surface area contributed by atoms with Crippen LogP contribution in [0.15, 0.2) is 85.1 Å². The van der Waals surface area contributed by atoms with Crippen molar-refractivity contribution in [3.05, 3.63) is 107 Å². The normalized spacial score (nSPS) is 12.3. The molecule has 1 aromatic heterocycles. The Morgan fingerprint density at radius 3 is 2.38 bits per heavy atom. The van der Waals surface area contributed by atoms with Crippen LogP contribution in [0, 0.1) is 0 Å². The minimum absolute atomic E-state index is 0.367. The zero-order valence-corrected chi connectivity index (χ0v) is 17.6. The highest BCUT2D eigenvalue weighted by Gasteiger charge is 2.13. The van der Waals surface area contributed by atoms with Gasteiger partial charge in [-0.3, -0.25) is 0 Å². The summed E-state index contributed by atoms with van der Waals surface area (Å²) in [7, 11) is 0. The summed E-state index contributed by atoms with van der Waals surface area (Å²) >= 11 is 6.41. The van der Waals surface area contributed by atoms with Crippen LogP contribution in [0.4, 0.5) is 0 Å². The van der Waals surface area contributed by atoms with Crippen LogP contribution >= 0.6 is 11.6 Å². The van der Waals surface area contributed by atoms with Crippen molar-refractivity contribution >= 4 is 22.5 Å². The maximum absolute atomic E-state index is 6.41. The monoisotopic (exact) mass is 402 g/mol. The lowest BCUT2D eigenvalue weighted by atomic mass is 10.0. The number of fused-ring (bicyclic) bond motifs is 1. The van der Waals surface area contributed by atoms with Gasteiger partial charge in [0, 0.05) is 41.3 Å². The third-order valence-electron chi connectivity index (χ3n) is 5.49. The summed E-state index contributed by atoms with van der Waals surface area (Å²) in [6, 6.07) is 27.8. The fourth-order valence-corrected chi connectivity index (χ4v) is 4.19. The Morgan fingerprint density at radius 1 is 0.862 bits per heavy atom. The second-order valence-corrected chi connectivity index (χ2v) is 7.93. The first-order valence-corrected chi connectivity index (χ1v) is 10.7. The van der Waals surface area contributed by atoms with E-state index in [0.29, 0.717) is 6.04 Å². The van der Waals surface area contributed by atoms with E-state index >= 15 is 0 Å². The summed E-state index contributed by atoms with van der Waals surface area (Å²) in [5, 5.41) is 5.91. The van der Waals surface area contributed by atoms with Gasteiger partial charge in [-0.25, -0.2) is 0 Å². The summed E-state index contributed by atoms with van der Waals surface area (Å²) in [6.45, 7) is 3.86. The summed E-state index contributed by atoms with van der Waals surface area (Å²) < 4.78 is 2.31. The number of nitrogens with one attached hydrogen (secondary N) is 1.